The number of alkyl halides is 1. The number of anilines is 4. The molecule has 4 aromatic carbocycles. The molecule has 7 aromatic rings. The van der Waals surface area contributed by atoms with Crippen molar-refractivity contribution in [3.05, 3.63) is 172 Å². The number of pyridine rings is 2. The van der Waals surface area contributed by atoms with E-state index in [1.54, 1.807) is 72.8 Å². The van der Waals surface area contributed by atoms with Crippen molar-refractivity contribution in [2.75, 3.05) is 27.0 Å². The second-order valence-corrected chi connectivity index (χ2v) is 15.6. The Hall–Kier alpha value is -6.03. The molecule has 12 nitrogen and oxygen atoms in total. The molecule has 334 valence electrons. The van der Waals surface area contributed by atoms with Crippen molar-refractivity contribution in [2.45, 2.75) is 64.2 Å². The molecule has 2 aliphatic carbocycles. The molecule has 0 radical (unpaired) electrons. The molecule has 0 spiro atoms. The van der Waals surface area contributed by atoms with Gasteiger partial charge in [-0.2, -0.15) is 0 Å². The number of para-hydroxylation sites is 4. The van der Waals surface area contributed by atoms with Crippen LogP contribution in [0.1, 0.15) is 91.0 Å². The zero-order valence-corrected chi connectivity index (χ0v) is 37.4. The lowest BCUT2D eigenvalue weighted by Crippen LogP contribution is -2.42. The van der Waals surface area contributed by atoms with Crippen molar-refractivity contribution in [2.24, 2.45) is 0 Å². The van der Waals surface area contributed by atoms with Gasteiger partial charge in [0.15, 0.2) is 0 Å². The molecule has 0 unspecified atom stereocenters. The lowest BCUT2D eigenvalue weighted by molar-refractivity contribution is -0.147. The molecule has 2 fully saturated rings. The van der Waals surface area contributed by atoms with Crippen molar-refractivity contribution in [3.63, 3.8) is 0 Å². The molecule has 3 aromatic heterocycles. The van der Waals surface area contributed by atoms with Gasteiger partial charge in [-0.15, -0.1) is 0 Å². The predicted octanol–water partition coefficient (Wildman–Crippen LogP) is 12.0. The number of nitrogens with one attached hydrogen (secondary N) is 3. The zero-order chi connectivity index (χ0) is 44.3. The first kappa shape index (κ1) is 50.6. The Morgan fingerprint density at radius 1 is 0.656 bits per heavy atom. The molecular weight excluding hydrogens is 962 g/mol. The molecule has 2 saturated carbocycles. The van der Waals surface area contributed by atoms with Gasteiger partial charge < -0.3 is 32.2 Å². The fraction of sp³-hybridized carbons (Fsp3) is 0.224. The van der Waals surface area contributed by atoms with E-state index in [4.69, 9.17) is 39.7 Å². The van der Waals surface area contributed by atoms with E-state index in [1.165, 1.54) is 6.20 Å². The Morgan fingerprint density at radius 3 is 1.53 bits per heavy atom. The first-order valence-electron chi connectivity index (χ1n) is 19.7. The number of fused-ring (bicyclic) bond motifs is 1. The average Bonchev–Trinajstić information content (AvgIpc) is 3.68. The fourth-order valence-corrected chi connectivity index (χ4v) is 7.56. The fourth-order valence-electron chi connectivity index (χ4n) is 7.18. The second-order valence-electron chi connectivity index (χ2n) is 14.7. The normalized spacial score (nSPS) is 13.6. The number of benzene rings is 4. The number of nitrogens with zero attached hydrogens (tertiary/aromatic N) is 3. The third-order valence-corrected chi connectivity index (χ3v) is 11.4. The van der Waals surface area contributed by atoms with Crippen molar-refractivity contribution < 1.29 is 19.5 Å². The number of carboxylic acids is 1. The number of imidazole rings is 1. The summed E-state index contributed by atoms with van der Waals surface area (Å²) in [6, 6.07) is 36.0. The molecule has 3 heterocycles. The van der Waals surface area contributed by atoms with Gasteiger partial charge in [-0.25, -0.2) is 15.0 Å². The summed E-state index contributed by atoms with van der Waals surface area (Å²) in [4.78, 5) is 55.0. The Morgan fingerprint density at radius 2 is 1.14 bits per heavy atom. The van der Waals surface area contributed by atoms with Crippen LogP contribution >= 0.6 is 45.8 Å². The SMILES string of the molecule is C.C.CI.Nc1ccccc1N.O=C(Nc1ccc(C2(C(=O)O)CCC2)cn1)c1cccc(Cl)c1.O=C(Nc1ccc(C2(c3nc4ccccc4[nH]3)CCC2)cn1)c1cccc(Cl)c1. The van der Waals surface area contributed by atoms with Crippen LogP contribution in [0.15, 0.2) is 134 Å². The standard InChI is InChI=1S/C23H19ClN4O.C17H15ClN2O3.C6H8N2.CH3I.2CH4/c24-17-6-3-5-15(13-17)21(29)28-20-10-9-16(14-25-20)23(11-4-12-23)22-26-18-7-1-2-8-19(18)27-22;18-13-4-1-3-11(9-13)15(21)20-14-6-5-12(10-19-14)17(16(22)23)7-2-8-17;7-5-3-1-2-4-6(5)8;1-2;;/h1-3,5-10,13-14H,4,11-12H2,(H,26,27)(H,25,28,29);1,3-6,9-10H,2,7-8H2,(H,22,23)(H,19,20,21);1-4H,7-8H2;1H3;2*1H4. The highest BCUT2D eigenvalue weighted by atomic mass is 127. The number of halogens is 3. The minimum Gasteiger partial charge on any atom is -0.481 e. The number of aliphatic carboxylic acids is 1. The number of nitrogen functional groups attached to an aromatic ring is 2. The van der Waals surface area contributed by atoms with E-state index < -0.39 is 11.4 Å². The summed E-state index contributed by atoms with van der Waals surface area (Å²) in [5.41, 5.74) is 15.9. The maximum Gasteiger partial charge on any atom is 0.314 e. The number of H-pyrrole nitrogens is 1. The van der Waals surface area contributed by atoms with Crippen LogP contribution in [0.25, 0.3) is 11.0 Å². The van der Waals surface area contributed by atoms with Gasteiger partial charge in [0.1, 0.15) is 17.5 Å². The summed E-state index contributed by atoms with van der Waals surface area (Å²) in [5.74, 6) is 0.507. The van der Waals surface area contributed by atoms with Crippen molar-refractivity contribution in [3.8, 4) is 0 Å². The van der Waals surface area contributed by atoms with Crippen LogP contribution < -0.4 is 22.1 Å². The molecule has 64 heavy (non-hydrogen) atoms. The van der Waals surface area contributed by atoms with E-state index in [0.717, 1.165) is 48.1 Å². The summed E-state index contributed by atoms with van der Waals surface area (Å²) in [5, 5.41) is 15.9. The molecule has 15 heteroatoms. The third kappa shape index (κ3) is 11.8. The first-order chi connectivity index (χ1) is 30.0. The van der Waals surface area contributed by atoms with Crippen LogP contribution in [-0.2, 0) is 15.6 Å². The number of carbonyl (C=O) groups is 3. The number of hydrogen-bond acceptors (Lipinski definition) is 8. The topological polar surface area (TPSA) is 202 Å². The van der Waals surface area contributed by atoms with Gasteiger partial charge in [0.25, 0.3) is 11.8 Å². The number of hydrogen-bond donors (Lipinski definition) is 6. The molecule has 0 bridgehead atoms. The first-order valence-corrected chi connectivity index (χ1v) is 22.6. The number of aromatic nitrogens is 4. The molecule has 2 amide bonds. The van der Waals surface area contributed by atoms with Gasteiger partial charge in [-0.3, -0.25) is 14.4 Å². The zero-order valence-electron chi connectivity index (χ0n) is 33.7. The van der Waals surface area contributed by atoms with E-state index in [2.05, 4.69) is 48.2 Å². The van der Waals surface area contributed by atoms with Gasteiger partial charge in [-0.1, -0.05) is 122 Å². The lowest BCUT2D eigenvalue weighted by atomic mass is 9.64. The van der Waals surface area contributed by atoms with E-state index in [1.807, 2.05) is 59.7 Å². The van der Waals surface area contributed by atoms with Gasteiger partial charge in [-0.05, 0) is 115 Å². The Bertz CT molecular complexity index is 2600. The summed E-state index contributed by atoms with van der Waals surface area (Å²) in [6.45, 7) is 0. The van der Waals surface area contributed by atoms with Crippen molar-refractivity contribution in [1.82, 2.24) is 19.9 Å². The van der Waals surface area contributed by atoms with Gasteiger partial charge in [0, 0.05) is 33.6 Å². The molecule has 0 aliphatic heterocycles. The Kier molecular flexibility index (Phi) is 18.2. The smallest absolute Gasteiger partial charge is 0.314 e. The number of nitrogens with two attached hydrogens (primary N) is 2. The largest absolute Gasteiger partial charge is 0.481 e. The highest BCUT2D eigenvalue weighted by Gasteiger charge is 2.46. The highest BCUT2D eigenvalue weighted by Crippen LogP contribution is 2.48. The minimum absolute atomic E-state index is 0. The molecule has 8 N–H and O–H groups in total. The maximum atomic E-state index is 12.4. The molecule has 9 rings (SSSR count). The van der Waals surface area contributed by atoms with Crippen LogP contribution in [0.3, 0.4) is 0 Å². The van der Waals surface area contributed by atoms with Gasteiger partial charge in [0.05, 0.1) is 33.2 Å². The van der Waals surface area contributed by atoms with E-state index in [0.29, 0.717) is 62.6 Å². The molecule has 0 saturated heterocycles. The van der Waals surface area contributed by atoms with E-state index in [-0.39, 0.29) is 32.1 Å². The predicted molar refractivity (Wildman–Crippen MR) is 270 cm³/mol. The molecule has 2 aliphatic rings. The van der Waals surface area contributed by atoms with Gasteiger partial charge >= 0.3 is 5.97 Å². The number of amides is 2. The number of rotatable bonds is 8. The Balaban J connectivity index is 0.000000229. The van der Waals surface area contributed by atoms with Crippen LogP contribution in [0.5, 0.6) is 0 Å². The van der Waals surface area contributed by atoms with Crippen molar-refractivity contribution >= 4 is 97.6 Å². The summed E-state index contributed by atoms with van der Waals surface area (Å²) in [6.07, 6.45) is 8.74. The second kappa shape index (κ2) is 23.1. The highest BCUT2D eigenvalue weighted by molar-refractivity contribution is 14.1. The Labute approximate surface area is 397 Å². The lowest BCUT2D eigenvalue weighted by Gasteiger charge is -2.40. The summed E-state index contributed by atoms with van der Waals surface area (Å²) in [7, 11) is 0. The summed E-state index contributed by atoms with van der Waals surface area (Å²) < 4.78 is 0. The van der Waals surface area contributed by atoms with E-state index in [9.17, 15) is 19.5 Å². The van der Waals surface area contributed by atoms with Crippen LogP contribution in [0.4, 0.5) is 23.0 Å². The van der Waals surface area contributed by atoms with Gasteiger partial charge in [0.2, 0.25) is 0 Å². The average molecular weight is 1020 g/mol. The monoisotopic (exact) mass is 1010 g/mol. The summed E-state index contributed by atoms with van der Waals surface area (Å²) >= 11 is 14.0. The quantitative estimate of drug-likeness (QED) is 0.0486. The third-order valence-electron chi connectivity index (χ3n) is 11.0. The minimum atomic E-state index is -0.818. The van der Waals surface area contributed by atoms with Crippen LogP contribution in [-0.4, -0.2) is 47.8 Å². The van der Waals surface area contributed by atoms with Crippen molar-refractivity contribution in [1.29, 1.82) is 0 Å². The maximum absolute atomic E-state index is 12.4. The molecular formula is C49H53Cl2IN8O4. The van der Waals surface area contributed by atoms with Crippen LogP contribution in [0.2, 0.25) is 10.0 Å². The number of aromatic amines is 1. The van der Waals surface area contributed by atoms with E-state index >= 15 is 0 Å². The number of carbonyl (C=O) groups excluding carboxylic acids is 2. The number of carboxylic acid groups (broad SMARTS) is 1. The van der Waals surface area contributed by atoms with Crippen LogP contribution in [0, 0.1) is 0 Å². The molecule has 0 atom stereocenters.